The predicted octanol–water partition coefficient (Wildman–Crippen LogP) is 4.36. The van der Waals surface area contributed by atoms with Crippen molar-refractivity contribution in [2.24, 2.45) is 0 Å². The largest absolute Gasteiger partial charge is 0.489 e. The quantitative estimate of drug-likeness (QED) is 0.387. The van der Waals surface area contributed by atoms with Crippen LogP contribution in [0.5, 0.6) is 5.75 Å². The lowest BCUT2D eigenvalue weighted by Gasteiger charge is -2.24. The van der Waals surface area contributed by atoms with Gasteiger partial charge in [0.25, 0.3) is 0 Å². The van der Waals surface area contributed by atoms with Crippen molar-refractivity contribution >= 4 is 33.8 Å². The van der Waals surface area contributed by atoms with Gasteiger partial charge in [-0.3, -0.25) is 9.10 Å². The SMILES string of the molecule is CCOC(=O)CS(=O)(=O)N(CC=Cc1cccc(C#N)c1)c1ccc(OC2CCN(C(=O)OC(C)(C)C)C2)cc1. The van der Waals surface area contributed by atoms with E-state index in [1.165, 1.54) is 0 Å². The maximum absolute atomic E-state index is 13.2. The first kappa shape index (κ1) is 30.5. The number of nitrogens with zero attached hydrogens (tertiary/aromatic N) is 3. The number of anilines is 1. The summed E-state index contributed by atoms with van der Waals surface area (Å²) in [6.07, 6.45) is 3.38. The fraction of sp³-hybridized carbons (Fsp3) is 0.414. The van der Waals surface area contributed by atoms with Crippen LogP contribution in [0.25, 0.3) is 6.08 Å². The van der Waals surface area contributed by atoms with Crippen LogP contribution in [0.2, 0.25) is 0 Å². The normalized spacial score (nSPS) is 15.5. The zero-order valence-electron chi connectivity index (χ0n) is 23.2. The van der Waals surface area contributed by atoms with Gasteiger partial charge in [0.05, 0.1) is 37.0 Å². The lowest BCUT2D eigenvalue weighted by atomic mass is 10.1. The molecule has 10 nitrogen and oxygen atoms in total. The third-order valence-corrected chi connectivity index (χ3v) is 7.39. The van der Waals surface area contributed by atoms with Crippen LogP contribution in [0.3, 0.4) is 0 Å². The Kier molecular flexibility index (Phi) is 10.2. The first-order valence-corrected chi connectivity index (χ1v) is 14.6. The molecule has 0 bridgehead atoms. The first-order valence-electron chi connectivity index (χ1n) is 13.0. The van der Waals surface area contributed by atoms with Crippen LogP contribution in [-0.4, -0.2) is 69.1 Å². The number of benzene rings is 2. The van der Waals surface area contributed by atoms with Crippen LogP contribution in [0.4, 0.5) is 10.5 Å². The number of ether oxygens (including phenoxy) is 3. The number of hydrogen-bond acceptors (Lipinski definition) is 8. The maximum atomic E-state index is 13.2. The van der Waals surface area contributed by atoms with Crippen LogP contribution >= 0.6 is 0 Å². The number of esters is 1. The smallest absolute Gasteiger partial charge is 0.410 e. The van der Waals surface area contributed by atoms with Crippen molar-refractivity contribution in [2.75, 3.05) is 36.3 Å². The van der Waals surface area contributed by atoms with Gasteiger partial charge in [-0.2, -0.15) is 5.26 Å². The zero-order chi connectivity index (χ0) is 29.3. The highest BCUT2D eigenvalue weighted by Gasteiger charge is 2.31. The van der Waals surface area contributed by atoms with Crippen LogP contribution in [0.1, 0.15) is 45.2 Å². The molecule has 1 heterocycles. The summed E-state index contributed by atoms with van der Waals surface area (Å²) in [5.74, 6) is -1.13. The van der Waals surface area contributed by atoms with E-state index >= 15 is 0 Å². The van der Waals surface area contributed by atoms with Gasteiger partial charge in [-0.15, -0.1) is 0 Å². The van der Waals surface area contributed by atoms with Crippen molar-refractivity contribution in [3.8, 4) is 11.8 Å². The zero-order valence-corrected chi connectivity index (χ0v) is 24.0. The number of rotatable bonds is 10. The number of hydrogen-bond donors (Lipinski definition) is 0. The fourth-order valence-electron chi connectivity index (χ4n) is 4.01. The Morgan fingerprint density at radius 3 is 2.55 bits per heavy atom. The minimum absolute atomic E-state index is 0.0494. The average molecular weight is 570 g/mol. The predicted molar refractivity (Wildman–Crippen MR) is 151 cm³/mol. The Morgan fingerprint density at radius 1 is 1.18 bits per heavy atom. The van der Waals surface area contributed by atoms with E-state index in [0.29, 0.717) is 36.5 Å². The van der Waals surface area contributed by atoms with E-state index in [2.05, 4.69) is 6.07 Å². The molecule has 0 aromatic heterocycles. The minimum atomic E-state index is -4.07. The highest BCUT2D eigenvalue weighted by Crippen LogP contribution is 2.25. The monoisotopic (exact) mass is 569 g/mol. The molecule has 40 heavy (non-hydrogen) atoms. The lowest BCUT2D eigenvalue weighted by molar-refractivity contribution is -0.139. The molecule has 2 aromatic carbocycles. The summed E-state index contributed by atoms with van der Waals surface area (Å²) in [6.45, 7) is 7.97. The number of carbonyl (C=O) groups excluding carboxylic acids is 2. The van der Waals surface area contributed by atoms with E-state index in [-0.39, 0.29) is 25.3 Å². The fourth-order valence-corrected chi connectivity index (χ4v) is 5.30. The van der Waals surface area contributed by atoms with Gasteiger partial charge in [-0.25, -0.2) is 13.2 Å². The highest BCUT2D eigenvalue weighted by atomic mass is 32.2. The molecule has 0 saturated carbocycles. The van der Waals surface area contributed by atoms with Gasteiger partial charge in [0.2, 0.25) is 10.0 Å². The van der Waals surface area contributed by atoms with Gasteiger partial charge >= 0.3 is 12.1 Å². The van der Waals surface area contributed by atoms with Crippen LogP contribution < -0.4 is 9.04 Å². The molecule has 3 rings (SSSR count). The molecule has 11 heteroatoms. The van der Waals surface area contributed by atoms with Crippen LogP contribution in [0, 0.1) is 11.3 Å². The molecule has 0 spiro atoms. The van der Waals surface area contributed by atoms with E-state index in [1.807, 2.05) is 20.8 Å². The summed E-state index contributed by atoms with van der Waals surface area (Å²) in [5.41, 5.74) is 0.985. The number of sulfonamides is 1. The highest BCUT2D eigenvalue weighted by molar-refractivity contribution is 7.93. The molecule has 1 aliphatic heterocycles. The van der Waals surface area contributed by atoms with E-state index in [0.717, 1.165) is 9.87 Å². The summed E-state index contributed by atoms with van der Waals surface area (Å²) in [5, 5.41) is 9.11. The summed E-state index contributed by atoms with van der Waals surface area (Å²) in [7, 11) is -4.07. The Hall–Kier alpha value is -4.04. The van der Waals surface area contributed by atoms with Gasteiger partial charge in [0, 0.05) is 13.0 Å². The Bertz CT molecular complexity index is 1360. The molecule has 1 amide bonds. The number of likely N-dealkylation sites (tertiary alicyclic amines) is 1. The Labute approximate surface area is 235 Å². The lowest BCUT2D eigenvalue weighted by Crippen LogP contribution is -2.36. The van der Waals surface area contributed by atoms with Crippen molar-refractivity contribution in [3.63, 3.8) is 0 Å². The van der Waals surface area contributed by atoms with Crippen LogP contribution in [0.15, 0.2) is 54.6 Å². The van der Waals surface area contributed by atoms with Crippen LogP contribution in [-0.2, 0) is 24.3 Å². The van der Waals surface area contributed by atoms with Gasteiger partial charge in [-0.1, -0.05) is 24.3 Å². The number of nitriles is 1. The molecule has 0 radical (unpaired) electrons. The van der Waals surface area contributed by atoms with E-state index in [4.69, 9.17) is 19.5 Å². The second kappa shape index (κ2) is 13.3. The third kappa shape index (κ3) is 9.02. The van der Waals surface area contributed by atoms with Gasteiger partial charge in [0.1, 0.15) is 17.5 Å². The molecular weight excluding hydrogens is 534 g/mol. The molecule has 1 saturated heterocycles. The Morgan fingerprint density at radius 2 is 1.90 bits per heavy atom. The molecule has 1 fully saturated rings. The summed E-state index contributed by atoms with van der Waals surface area (Å²) < 4.78 is 43.8. The van der Waals surface area contributed by atoms with Crippen molar-refractivity contribution in [3.05, 3.63) is 65.7 Å². The van der Waals surface area contributed by atoms with Crippen molar-refractivity contribution in [1.29, 1.82) is 5.26 Å². The van der Waals surface area contributed by atoms with Crippen molar-refractivity contribution < 1.29 is 32.2 Å². The van der Waals surface area contributed by atoms with E-state index < -0.39 is 27.3 Å². The first-order chi connectivity index (χ1) is 18.9. The number of amides is 1. The molecule has 2 aromatic rings. The minimum Gasteiger partial charge on any atom is -0.489 e. The second-order valence-corrected chi connectivity index (χ2v) is 12.1. The van der Waals surface area contributed by atoms with Crippen molar-refractivity contribution in [1.82, 2.24) is 4.90 Å². The third-order valence-electron chi connectivity index (χ3n) is 5.76. The van der Waals surface area contributed by atoms with E-state index in [1.54, 1.807) is 72.5 Å². The maximum Gasteiger partial charge on any atom is 0.410 e. The number of carbonyl (C=O) groups is 2. The molecule has 1 unspecified atom stereocenters. The van der Waals surface area contributed by atoms with Gasteiger partial charge in [0.15, 0.2) is 5.75 Å². The molecule has 1 atom stereocenters. The second-order valence-electron chi connectivity index (χ2n) is 10.2. The van der Waals surface area contributed by atoms with Crippen molar-refractivity contribution in [2.45, 2.75) is 45.8 Å². The molecule has 0 N–H and O–H groups in total. The molecule has 1 aliphatic rings. The van der Waals surface area contributed by atoms with Gasteiger partial charge in [-0.05, 0) is 69.7 Å². The molecule has 0 aliphatic carbocycles. The average Bonchev–Trinajstić information content (AvgIpc) is 3.35. The summed E-state index contributed by atoms with van der Waals surface area (Å²) in [6, 6.07) is 15.5. The van der Waals surface area contributed by atoms with E-state index in [9.17, 15) is 18.0 Å². The summed E-state index contributed by atoms with van der Waals surface area (Å²) >= 11 is 0. The summed E-state index contributed by atoms with van der Waals surface area (Å²) in [4.78, 5) is 26.0. The molecular formula is C29H35N3O7S. The Balaban J connectivity index is 1.73. The van der Waals surface area contributed by atoms with Gasteiger partial charge < -0.3 is 19.1 Å². The standard InChI is InChI=1S/C29H35N3O7S/c1-5-37-27(33)21-40(35,36)32(16-7-10-22-8-6-9-23(18-22)19-30)24-11-13-25(14-12-24)38-26-15-17-31(20-26)28(34)39-29(2,3)4/h6-14,18,26H,5,15-17,20-21H2,1-4H3. The molecule has 214 valence electrons. The topological polar surface area (TPSA) is 126 Å².